The van der Waals surface area contributed by atoms with Gasteiger partial charge >= 0.3 is 0 Å². The van der Waals surface area contributed by atoms with Crippen molar-refractivity contribution < 1.29 is 0 Å². The fraction of sp³-hybridized carbons (Fsp3) is 0.556. The van der Waals surface area contributed by atoms with Crippen LogP contribution in [0.25, 0.3) is 0 Å². The second-order valence-electron chi connectivity index (χ2n) is 3.23. The van der Waals surface area contributed by atoms with Crippen molar-refractivity contribution in [1.29, 1.82) is 0 Å². The zero-order valence-corrected chi connectivity index (χ0v) is 7.33. The molecule has 0 aliphatic carbocycles. The maximum absolute atomic E-state index is 4.12. The van der Waals surface area contributed by atoms with E-state index in [1.165, 1.54) is 5.56 Å². The van der Waals surface area contributed by atoms with Crippen molar-refractivity contribution in [2.75, 3.05) is 0 Å². The summed E-state index contributed by atoms with van der Waals surface area (Å²) in [7, 11) is 0. The van der Waals surface area contributed by atoms with Crippen molar-refractivity contribution in [3.8, 4) is 0 Å². The van der Waals surface area contributed by atoms with Gasteiger partial charge in [-0.25, -0.2) is 9.97 Å². The van der Waals surface area contributed by atoms with Crippen molar-refractivity contribution >= 4 is 0 Å². The van der Waals surface area contributed by atoms with E-state index in [1.807, 2.05) is 13.1 Å². The van der Waals surface area contributed by atoms with Gasteiger partial charge < -0.3 is 0 Å². The summed E-state index contributed by atoms with van der Waals surface area (Å²) in [5, 5.41) is 0. The standard InChI is InChI=1S/C9H14N2/c1-7(2)4-9-5-10-6-11-8(9)3/h5-7H,4H2,1-3H3. The first-order chi connectivity index (χ1) is 5.20. The van der Waals surface area contributed by atoms with Gasteiger partial charge in [0.05, 0.1) is 0 Å². The molecular weight excluding hydrogens is 136 g/mol. The number of hydrogen-bond acceptors (Lipinski definition) is 2. The molecule has 0 aliphatic heterocycles. The lowest BCUT2D eigenvalue weighted by atomic mass is 10.0. The van der Waals surface area contributed by atoms with Crippen LogP contribution in [0.3, 0.4) is 0 Å². The number of nitrogens with zero attached hydrogens (tertiary/aromatic N) is 2. The Balaban J connectivity index is 2.78. The molecule has 2 heteroatoms. The number of aromatic nitrogens is 2. The molecule has 0 aromatic carbocycles. The van der Waals surface area contributed by atoms with Crippen LogP contribution in [0.1, 0.15) is 25.1 Å². The Morgan fingerprint density at radius 3 is 2.73 bits per heavy atom. The van der Waals surface area contributed by atoms with Crippen LogP contribution in [0.4, 0.5) is 0 Å². The fourth-order valence-corrected chi connectivity index (χ4v) is 1.06. The molecular formula is C9H14N2. The lowest BCUT2D eigenvalue weighted by Gasteiger charge is -2.05. The Hall–Kier alpha value is -0.920. The van der Waals surface area contributed by atoms with E-state index >= 15 is 0 Å². The minimum atomic E-state index is 0.680. The predicted molar refractivity (Wildman–Crippen MR) is 45.3 cm³/mol. The van der Waals surface area contributed by atoms with Gasteiger partial charge in [0.1, 0.15) is 6.33 Å². The molecule has 60 valence electrons. The molecule has 1 rings (SSSR count). The summed E-state index contributed by atoms with van der Waals surface area (Å²) in [6.45, 7) is 6.43. The lowest BCUT2D eigenvalue weighted by Crippen LogP contribution is -1.99. The maximum atomic E-state index is 4.12. The van der Waals surface area contributed by atoms with E-state index in [4.69, 9.17) is 0 Å². The third-order valence-corrected chi connectivity index (χ3v) is 1.64. The molecule has 1 heterocycles. The summed E-state index contributed by atoms with van der Waals surface area (Å²) in [6, 6.07) is 0. The average Bonchev–Trinajstić information content (AvgIpc) is 1.93. The van der Waals surface area contributed by atoms with E-state index in [2.05, 4.69) is 23.8 Å². The minimum Gasteiger partial charge on any atom is -0.245 e. The second-order valence-corrected chi connectivity index (χ2v) is 3.23. The molecule has 0 bridgehead atoms. The van der Waals surface area contributed by atoms with Crippen LogP contribution in [0.5, 0.6) is 0 Å². The molecule has 1 aromatic rings. The zero-order valence-electron chi connectivity index (χ0n) is 7.33. The number of hydrogen-bond donors (Lipinski definition) is 0. The van der Waals surface area contributed by atoms with Crippen LogP contribution in [-0.2, 0) is 6.42 Å². The first-order valence-corrected chi connectivity index (χ1v) is 3.95. The highest BCUT2D eigenvalue weighted by atomic mass is 14.8. The molecule has 0 amide bonds. The summed E-state index contributed by atoms with van der Waals surface area (Å²) in [6.07, 6.45) is 4.58. The van der Waals surface area contributed by atoms with Crippen LogP contribution in [0.2, 0.25) is 0 Å². The minimum absolute atomic E-state index is 0.680. The molecule has 0 saturated heterocycles. The Morgan fingerprint density at radius 2 is 2.18 bits per heavy atom. The third kappa shape index (κ3) is 2.30. The molecule has 11 heavy (non-hydrogen) atoms. The van der Waals surface area contributed by atoms with Crippen LogP contribution in [0, 0.1) is 12.8 Å². The van der Waals surface area contributed by atoms with E-state index in [0.29, 0.717) is 5.92 Å². The predicted octanol–water partition coefficient (Wildman–Crippen LogP) is 1.98. The molecule has 0 atom stereocenters. The highest BCUT2D eigenvalue weighted by Gasteiger charge is 2.00. The molecule has 1 aromatic heterocycles. The Morgan fingerprint density at radius 1 is 1.45 bits per heavy atom. The molecule has 0 aliphatic rings. The quantitative estimate of drug-likeness (QED) is 0.644. The molecule has 2 nitrogen and oxygen atoms in total. The summed E-state index contributed by atoms with van der Waals surface area (Å²) < 4.78 is 0. The molecule has 0 N–H and O–H groups in total. The van der Waals surface area contributed by atoms with Crippen molar-refractivity contribution in [3.05, 3.63) is 23.8 Å². The van der Waals surface area contributed by atoms with Crippen LogP contribution >= 0.6 is 0 Å². The van der Waals surface area contributed by atoms with E-state index in [-0.39, 0.29) is 0 Å². The van der Waals surface area contributed by atoms with E-state index in [1.54, 1.807) is 6.33 Å². The SMILES string of the molecule is Cc1ncncc1CC(C)C. The smallest absolute Gasteiger partial charge is 0.115 e. The van der Waals surface area contributed by atoms with Gasteiger partial charge in [0.2, 0.25) is 0 Å². The van der Waals surface area contributed by atoms with Crippen LogP contribution in [0.15, 0.2) is 12.5 Å². The van der Waals surface area contributed by atoms with Crippen molar-refractivity contribution in [3.63, 3.8) is 0 Å². The summed E-state index contributed by atoms with van der Waals surface area (Å²) in [4.78, 5) is 8.11. The Bertz CT molecular complexity index is 231. The van der Waals surface area contributed by atoms with Gasteiger partial charge in [-0.2, -0.15) is 0 Å². The van der Waals surface area contributed by atoms with Crippen LogP contribution in [-0.4, -0.2) is 9.97 Å². The van der Waals surface area contributed by atoms with Crippen molar-refractivity contribution in [2.45, 2.75) is 27.2 Å². The summed E-state index contributed by atoms with van der Waals surface area (Å²) in [5.41, 5.74) is 2.37. The first kappa shape index (κ1) is 8.18. The van der Waals surface area contributed by atoms with Crippen molar-refractivity contribution in [2.24, 2.45) is 5.92 Å². The number of rotatable bonds is 2. The van der Waals surface area contributed by atoms with Gasteiger partial charge in [-0.1, -0.05) is 13.8 Å². The van der Waals surface area contributed by atoms with Crippen LogP contribution < -0.4 is 0 Å². The largest absolute Gasteiger partial charge is 0.245 e. The third-order valence-electron chi connectivity index (χ3n) is 1.64. The molecule has 0 radical (unpaired) electrons. The van der Waals surface area contributed by atoms with Gasteiger partial charge in [0, 0.05) is 11.9 Å². The van der Waals surface area contributed by atoms with Gasteiger partial charge in [-0.15, -0.1) is 0 Å². The zero-order chi connectivity index (χ0) is 8.27. The average molecular weight is 150 g/mol. The van der Waals surface area contributed by atoms with Gasteiger partial charge in [-0.05, 0) is 24.8 Å². The fourth-order valence-electron chi connectivity index (χ4n) is 1.06. The summed E-state index contributed by atoms with van der Waals surface area (Å²) >= 11 is 0. The van der Waals surface area contributed by atoms with Crippen molar-refractivity contribution in [1.82, 2.24) is 9.97 Å². The molecule has 0 unspecified atom stereocenters. The van der Waals surface area contributed by atoms with Gasteiger partial charge in [0.25, 0.3) is 0 Å². The first-order valence-electron chi connectivity index (χ1n) is 3.95. The van der Waals surface area contributed by atoms with Gasteiger partial charge in [0.15, 0.2) is 0 Å². The highest BCUT2D eigenvalue weighted by molar-refractivity contribution is 5.14. The summed E-state index contributed by atoms with van der Waals surface area (Å²) in [5.74, 6) is 0.680. The topological polar surface area (TPSA) is 25.8 Å². The number of aryl methyl sites for hydroxylation is 1. The maximum Gasteiger partial charge on any atom is 0.115 e. The van der Waals surface area contributed by atoms with E-state index < -0.39 is 0 Å². The highest BCUT2D eigenvalue weighted by Crippen LogP contribution is 2.08. The molecule has 0 saturated carbocycles. The molecule has 0 fully saturated rings. The molecule has 0 spiro atoms. The monoisotopic (exact) mass is 150 g/mol. The van der Waals surface area contributed by atoms with Gasteiger partial charge in [-0.3, -0.25) is 0 Å². The van der Waals surface area contributed by atoms with E-state index in [9.17, 15) is 0 Å². The Labute approximate surface area is 67.7 Å². The van der Waals surface area contributed by atoms with E-state index in [0.717, 1.165) is 12.1 Å². The normalized spacial score (nSPS) is 10.5. The second kappa shape index (κ2) is 3.46. The lowest BCUT2D eigenvalue weighted by molar-refractivity contribution is 0.640. The Kier molecular flexibility index (Phi) is 2.58.